The quantitative estimate of drug-likeness (QED) is 0.394. The average molecular weight is 432 g/mol. The minimum absolute atomic E-state index is 0.0893. The summed E-state index contributed by atoms with van der Waals surface area (Å²) in [7, 11) is 2.91. The molecule has 3 heterocycles. The molecule has 32 heavy (non-hydrogen) atoms. The van der Waals surface area contributed by atoms with Crippen molar-refractivity contribution in [3.63, 3.8) is 0 Å². The van der Waals surface area contributed by atoms with E-state index in [1.165, 1.54) is 19.2 Å². The third-order valence-corrected chi connectivity index (χ3v) is 5.11. The molecule has 0 amide bonds. The normalized spacial score (nSPS) is 11.2. The van der Waals surface area contributed by atoms with E-state index in [1.807, 2.05) is 24.3 Å². The molecule has 0 unspecified atom stereocenters. The summed E-state index contributed by atoms with van der Waals surface area (Å²) < 4.78 is 26.7. The molecule has 0 saturated carbocycles. The number of esters is 1. The van der Waals surface area contributed by atoms with Gasteiger partial charge in [-0.05, 0) is 42.0 Å². The first-order valence-electron chi connectivity index (χ1n) is 9.68. The summed E-state index contributed by atoms with van der Waals surface area (Å²) in [5.74, 6) is -0.0942. The maximum Gasteiger partial charge on any atom is 0.311 e. The lowest BCUT2D eigenvalue weighted by Crippen LogP contribution is -2.06. The third-order valence-electron chi connectivity index (χ3n) is 5.11. The summed E-state index contributed by atoms with van der Waals surface area (Å²) >= 11 is 0. The summed E-state index contributed by atoms with van der Waals surface area (Å²) in [5.41, 5.74) is 4.03. The van der Waals surface area contributed by atoms with Gasteiger partial charge in [0, 0.05) is 5.56 Å². The second kappa shape index (κ2) is 7.73. The van der Waals surface area contributed by atoms with Crippen LogP contribution in [0.3, 0.4) is 0 Å². The fourth-order valence-electron chi connectivity index (χ4n) is 3.49. The fraction of sp³-hybridized carbons (Fsp3) is 0.136. The summed E-state index contributed by atoms with van der Waals surface area (Å²) in [6.07, 6.45) is 1.60. The molecule has 0 N–H and O–H groups in total. The Morgan fingerprint density at radius 3 is 2.47 bits per heavy atom. The van der Waals surface area contributed by atoms with Crippen molar-refractivity contribution in [2.75, 3.05) is 14.2 Å². The van der Waals surface area contributed by atoms with Crippen molar-refractivity contribution in [1.29, 1.82) is 0 Å². The van der Waals surface area contributed by atoms with Gasteiger partial charge >= 0.3 is 5.97 Å². The molecule has 9 nitrogen and oxygen atoms in total. The van der Waals surface area contributed by atoms with Gasteiger partial charge in [-0.3, -0.25) is 4.79 Å². The number of benzene rings is 2. The number of hydrogen-bond acceptors (Lipinski definition) is 7. The number of carbonyl (C=O) groups excluding carboxylic acids is 1. The summed E-state index contributed by atoms with van der Waals surface area (Å²) in [4.78, 5) is 11.9. The summed E-state index contributed by atoms with van der Waals surface area (Å²) in [6, 6.07) is 13.3. The van der Waals surface area contributed by atoms with E-state index in [0.29, 0.717) is 28.2 Å². The van der Waals surface area contributed by atoms with Crippen LogP contribution in [0.5, 0.6) is 5.75 Å². The van der Waals surface area contributed by atoms with Gasteiger partial charge < -0.3 is 9.47 Å². The lowest BCUT2D eigenvalue weighted by Gasteiger charge is -2.05. The zero-order valence-corrected chi connectivity index (χ0v) is 17.2. The Hall–Kier alpha value is -4.34. The first-order chi connectivity index (χ1) is 15.6. The Morgan fingerprint density at radius 1 is 1.03 bits per heavy atom. The number of nitrogens with zero attached hydrogens (tertiary/aromatic N) is 6. The van der Waals surface area contributed by atoms with E-state index in [9.17, 15) is 9.18 Å². The minimum Gasteiger partial charge on any atom is -0.497 e. The van der Waals surface area contributed by atoms with Gasteiger partial charge in [-0.15, -0.1) is 10.2 Å². The molecule has 0 fully saturated rings. The van der Waals surface area contributed by atoms with Crippen molar-refractivity contribution in [3.05, 3.63) is 66.2 Å². The predicted octanol–water partition coefficient (Wildman–Crippen LogP) is 2.99. The highest BCUT2D eigenvalue weighted by atomic mass is 19.1. The van der Waals surface area contributed by atoms with Gasteiger partial charge in [0.15, 0.2) is 16.8 Å². The number of methoxy groups -OCH3 is 2. The molecular formula is C22H17FN6O3. The maximum absolute atomic E-state index is 13.5. The molecule has 0 saturated heterocycles. The fourth-order valence-corrected chi connectivity index (χ4v) is 3.49. The molecular weight excluding hydrogens is 415 g/mol. The molecule has 0 spiro atoms. The second-order valence-electron chi connectivity index (χ2n) is 6.98. The van der Waals surface area contributed by atoms with Gasteiger partial charge in [0.1, 0.15) is 17.3 Å². The molecule has 3 aromatic heterocycles. The second-order valence-corrected chi connectivity index (χ2v) is 6.98. The number of aromatic nitrogens is 6. The number of rotatable bonds is 5. The van der Waals surface area contributed by atoms with E-state index in [0.717, 1.165) is 16.9 Å². The van der Waals surface area contributed by atoms with Crippen LogP contribution in [0.4, 0.5) is 4.39 Å². The van der Waals surface area contributed by atoms with Crippen LogP contribution in [0, 0.1) is 5.82 Å². The molecule has 0 aliphatic carbocycles. The highest BCUT2D eigenvalue weighted by Gasteiger charge is 2.22. The molecule has 10 heteroatoms. The average Bonchev–Trinajstić information content (AvgIpc) is 3.41. The molecule has 2 aromatic carbocycles. The van der Waals surface area contributed by atoms with Crippen LogP contribution < -0.4 is 4.74 Å². The van der Waals surface area contributed by atoms with Crippen molar-refractivity contribution in [2.24, 2.45) is 0 Å². The molecule has 0 bridgehead atoms. The van der Waals surface area contributed by atoms with Crippen LogP contribution in [0.1, 0.15) is 5.69 Å². The SMILES string of the molecule is COC(=O)Cc1nn(-c2ccc(F)cc2)c2c1nnc1c(-c3ccc(OC)cc3)cnn12. The van der Waals surface area contributed by atoms with Gasteiger partial charge in [0.05, 0.1) is 32.5 Å². The van der Waals surface area contributed by atoms with Crippen LogP contribution in [-0.2, 0) is 16.0 Å². The van der Waals surface area contributed by atoms with Gasteiger partial charge in [0.2, 0.25) is 0 Å². The Balaban J connectivity index is 1.75. The highest BCUT2D eigenvalue weighted by Crippen LogP contribution is 2.28. The van der Waals surface area contributed by atoms with Gasteiger partial charge in [-0.2, -0.15) is 14.7 Å². The van der Waals surface area contributed by atoms with Crippen LogP contribution in [-0.4, -0.2) is 49.8 Å². The number of hydrogen-bond donors (Lipinski definition) is 0. The van der Waals surface area contributed by atoms with Crippen molar-refractivity contribution in [1.82, 2.24) is 29.6 Å². The lowest BCUT2D eigenvalue weighted by molar-refractivity contribution is -0.139. The first kappa shape index (κ1) is 19.6. The summed E-state index contributed by atoms with van der Waals surface area (Å²) in [5, 5.41) is 17.8. The van der Waals surface area contributed by atoms with E-state index >= 15 is 0 Å². The molecule has 5 rings (SSSR count). The zero-order chi connectivity index (χ0) is 22.2. The Bertz CT molecular complexity index is 1440. The Morgan fingerprint density at radius 2 is 1.78 bits per heavy atom. The zero-order valence-electron chi connectivity index (χ0n) is 17.2. The van der Waals surface area contributed by atoms with Crippen LogP contribution in [0.25, 0.3) is 33.6 Å². The van der Waals surface area contributed by atoms with Crippen LogP contribution >= 0.6 is 0 Å². The van der Waals surface area contributed by atoms with Gasteiger partial charge in [-0.25, -0.2) is 9.07 Å². The van der Waals surface area contributed by atoms with Crippen molar-refractivity contribution in [2.45, 2.75) is 6.42 Å². The van der Waals surface area contributed by atoms with Gasteiger partial charge in [0.25, 0.3) is 0 Å². The standard InChI is InChI=1S/C22H17FN6O3/c1-31-16-9-3-13(4-10-16)17-12-24-29-21(17)26-25-20-18(11-19(30)32-2)27-28(22(20)29)15-7-5-14(23)6-8-15/h3-10,12H,11H2,1-2H3. The van der Waals surface area contributed by atoms with E-state index in [-0.39, 0.29) is 12.2 Å². The van der Waals surface area contributed by atoms with E-state index in [4.69, 9.17) is 9.47 Å². The summed E-state index contributed by atoms with van der Waals surface area (Å²) in [6.45, 7) is 0. The van der Waals surface area contributed by atoms with Crippen molar-refractivity contribution >= 4 is 22.8 Å². The van der Waals surface area contributed by atoms with Crippen LogP contribution in [0.2, 0.25) is 0 Å². The topological polar surface area (TPSA) is 96.4 Å². The predicted molar refractivity (Wildman–Crippen MR) is 113 cm³/mol. The highest BCUT2D eigenvalue weighted by molar-refractivity contribution is 5.86. The van der Waals surface area contributed by atoms with E-state index in [1.54, 1.807) is 34.6 Å². The van der Waals surface area contributed by atoms with Gasteiger partial charge in [-0.1, -0.05) is 12.1 Å². The minimum atomic E-state index is -0.461. The molecule has 0 radical (unpaired) electrons. The van der Waals surface area contributed by atoms with Crippen molar-refractivity contribution in [3.8, 4) is 22.6 Å². The van der Waals surface area contributed by atoms with Crippen LogP contribution in [0.15, 0.2) is 54.7 Å². The van der Waals surface area contributed by atoms with E-state index < -0.39 is 5.97 Å². The first-order valence-corrected chi connectivity index (χ1v) is 9.68. The third kappa shape index (κ3) is 3.22. The molecule has 0 atom stereocenters. The largest absolute Gasteiger partial charge is 0.497 e. The Kier molecular flexibility index (Phi) is 4.74. The number of ether oxygens (including phenoxy) is 2. The number of fused-ring (bicyclic) bond motifs is 3. The van der Waals surface area contributed by atoms with E-state index in [2.05, 4.69) is 20.4 Å². The maximum atomic E-state index is 13.5. The molecule has 0 aliphatic rings. The smallest absolute Gasteiger partial charge is 0.311 e. The number of halogens is 1. The lowest BCUT2D eigenvalue weighted by atomic mass is 10.1. The molecule has 0 aliphatic heterocycles. The van der Waals surface area contributed by atoms with Crippen molar-refractivity contribution < 1.29 is 18.7 Å². The number of carbonyl (C=O) groups is 1. The molecule has 5 aromatic rings. The Labute approximate surface area is 181 Å². The monoisotopic (exact) mass is 432 g/mol. The molecule has 160 valence electrons.